The molecule has 0 saturated carbocycles. The highest BCUT2D eigenvalue weighted by molar-refractivity contribution is 5.91. The van der Waals surface area contributed by atoms with E-state index < -0.39 is 0 Å². The van der Waals surface area contributed by atoms with Gasteiger partial charge in [-0.25, -0.2) is 4.39 Å². The first kappa shape index (κ1) is 22.7. The minimum absolute atomic E-state index is 0.00707. The third kappa shape index (κ3) is 5.28. The first-order valence-corrected chi connectivity index (χ1v) is 10.8. The van der Waals surface area contributed by atoms with Crippen LogP contribution in [0, 0.1) is 12.7 Å². The average Bonchev–Trinajstić information content (AvgIpc) is 3.28. The molecule has 0 unspecified atom stereocenters. The summed E-state index contributed by atoms with van der Waals surface area (Å²) in [7, 11) is 1.56. The molecule has 7 nitrogen and oxygen atoms in total. The first-order valence-electron chi connectivity index (χ1n) is 10.8. The number of rotatable bonds is 7. The Labute approximate surface area is 191 Å². The van der Waals surface area contributed by atoms with Crippen molar-refractivity contribution >= 4 is 11.8 Å². The number of halogens is 1. The molecule has 0 bridgehead atoms. The van der Waals surface area contributed by atoms with Crippen molar-refractivity contribution in [3.63, 3.8) is 0 Å². The number of benzene rings is 1. The van der Waals surface area contributed by atoms with E-state index >= 15 is 0 Å². The van der Waals surface area contributed by atoms with E-state index in [9.17, 15) is 14.0 Å². The topological polar surface area (TPSA) is 84.7 Å². The van der Waals surface area contributed by atoms with Gasteiger partial charge in [-0.05, 0) is 59.9 Å². The number of ether oxygens (including phenoxy) is 1. The van der Waals surface area contributed by atoms with Crippen LogP contribution in [-0.2, 0) is 42.1 Å². The lowest BCUT2D eigenvalue weighted by atomic mass is 9.94. The second kappa shape index (κ2) is 9.95. The van der Waals surface area contributed by atoms with E-state index in [1.54, 1.807) is 42.5 Å². The largest absolute Gasteiger partial charge is 0.453 e. The van der Waals surface area contributed by atoms with Crippen LogP contribution in [0.5, 0.6) is 0 Å². The molecule has 0 aliphatic carbocycles. The molecule has 0 spiro atoms. The van der Waals surface area contributed by atoms with Gasteiger partial charge in [-0.2, -0.15) is 0 Å². The van der Waals surface area contributed by atoms with Crippen molar-refractivity contribution in [3.05, 3.63) is 87.9 Å². The Bertz CT molecular complexity index is 1160. The summed E-state index contributed by atoms with van der Waals surface area (Å²) in [4.78, 5) is 31.6. The van der Waals surface area contributed by atoms with Crippen LogP contribution >= 0.6 is 0 Å². The second-order valence-corrected chi connectivity index (χ2v) is 8.08. The Hall–Kier alpha value is -3.52. The third-order valence-electron chi connectivity index (χ3n) is 5.81. The number of nitrogens with one attached hydrogen (secondary N) is 1. The second-order valence-electron chi connectivity index (χ2n) is 8.08. The highest BCUT2D eigenvalue weighted by Gasteiger charge is 2.24. The number of furan rings is 1. The molecule has 0 radical (unpaired) electrons. The van der Waals surface area contributed by atoms with Gasteiger partial charge in [0.05, 0.1) is 6.42 Å². The van der Waals surface area contributed by atoms with E-state index in [4.69, 9.17) is 9.15 Å². The summed E-state index contributed by atoms with van der Waals surface area (Å²) in [5.41, 5.74) is 4.69. The van der Waals surface area contributed by atoms with E-state index in [1.165, 1.54) is 12.1 Å². The number of carbonyl (C=O) groups excluding carboxylic acids is 2. The zero-order valence-electron chi connectivity index (χ0n) is 18.7. The van der Waals surface area contributed by atoms with Gasteiger partial charge < -0.3 is 19.4 Å². The van der Waals surface area contributed by atoms with Crippen molar-refractivity contribution < 1.29 is 23.1 Å². The van der Waals surface area contributed by atoms with Crippen molar-refractivity contribution in [2.24, 2.45) is 0 Å². The zero-order valence-corrected chi connectivity index (χ0v) is 18.7. The number of aryl methyl sites for hydroxylation is 1. The SMILES string of the molecule is COCc1ccc(C(=O)NCc2c(C)ncc3c2CCN(C(=O)Cc2ccc(F)cc2)C3)o1. The van der Waals surface area contributed by atoms with E-state index in [-0.39, 0.29) is 29.8 Å². The van der Waals surface area contributed by atoms with Crippen molar-refractivity contribution in [2.45, 2.75) is 39.5 Å². The average molecular weight is 451 g/mol. The number of pyridine rings is 1. The van der Waals surface area contributed by atoms with Crippen molar-refractivity contribution in [3.8, 4) is 0 Å². The molecule has 0 atom stereocenters. The van der Waals surface area contributed by atoms with Gasteiger partial charge in [-0.15, -0.1) is 0 Å². The highest BCUT2D eigenvalue weighted by atomic mass is 19.1. The summed E-state index contributed by atoms with van der Waals surface area (Å²) in [6.07, 6.45) is 2.71. The molecule has 1 aliphatic rings. The maximum atomic E-state index is 13.1. The molecule has 1 aromatic carbocycles. The molecule has 1 N–H and O–H groups in total. The molecule has 8 heteroatoms. The quantitative estimate of drug-likeness (QED) is 0.596. The van der Waals surface area contributed by atoms with Gasteiger partial charge in [-0.1, -0.05) is 12.1 Å². The van der Waals surface area contributed by atoms with Crippen LogP contribution in [-0.4, -0.2) is 35.4 Å². The highest BCUT2D eigenvalue weighted by Crippen LogP contribution is 2.24. The van der Waals surface area contributed by atoms with Gasteiger partial charge in [0, 0.05) is 38.6 Å². The Morgan fingerprint density at radius 2 is 2.00 bits per heavy atom. The minimum atomic E-state index is -0.318. The molecule has 3 aromatic rings. The Morgan fingerprint density at radius 3 is 2.76 bits per heavy atom. The molecule has 2 amide bonds. The molecule has 0 fully saturated rings. The summed E-state index contributed by atoms with van der Waals surface area (Å²) >= 11 is 0. The van der Waals surface area contributed by atoms with Crippen LogP contribution < -0.4 is 5.32 Å². The lowest BCUT2D eigenvalue weighted by Gasteiger charge is -2.30. The lowest BCUT2D eigenvalue weighted by Crippen LogP contribution is -2.38. The van der Waals surface area contributed by atoms with Crippen LogP contribution in [0.2, 0.25) is 0 Å². The summed E-state index contributed by atoms with van der Waals surface area (Å²) in [5, 5.41) is 2.91. The van der Waals surface area contributed by atoms with E-state index in [1.807, 2.05) is 6.92 Å². The van der Waals surface area contributed by atoms with Crippen LogP contribution in [0.15, 0.2) is 47.0 Å². The number of hydrogen-bond acceptors (Lipinski definition) is 5. The van der Waals surface area contributed by atoms with Crippen LogP contribution in [0.1, 0.15) is 44.3 Å². The molecule has 172 valence electrons. The number of nitrogens with zero attached hydrogens (tertiary/aromatic N) is 2. The maximum Gasteiger partial charge on any atom is 0.287 e. The van der Waals surface area contributed by atoms with Gasteiger partial charge in [0.15, 0.2) is 5.76 Å². The minimum Gasteiger partial charge on any atom is -0.453 e. The van der Waals surface area contributed by atoms with E-state index in [0.717, 1.165) is 27.9 Å². The molecule has 1 aliphatic heterocycles. The predicted octanol–water partition coefficient (Wildman–Crippen LogP) is 3.33. The van der Waals surface area contributed by atoms with Crippen LogP contribution in [0.4, 0.5) is 4.39 Å². The van der Waals surface area contributed by atoms with E-state index in [0.29, 0.717) is 38.4 Å². The van der Waals surface area contributed by atoms with Gasteiger partial charge in [0.25, 0.3) is 5.91 Å². The molecule has 0 saturated heterocycles. The summed E-state index contributed by atoms with van der Waals surface area (Å²) in [6.45, 7) is 3.58. The maximum absolute atomic E-state index is 13.1. The number of hydrogen-bond donors (Lipinski definition) is 1. The smallest absolute Gasteiger partial charge is 0.287 e. The van der Waals surface area contributed by atoms with Gasteiger partial charge in [-0.3, -0.25) is 14.6 Å². The fourth-order valence-electron chi connectivity index (χ4n) is 4.03. The van der Waals surface area contributed by atoms with Crippen LogP contribution in [0.3, 0.4) is 0 Å². The summed E-state index contributed by atoms with van der Waals surface area (Å²) < 4.78 is 23.6. The number of aromatic nitrogens is 1. The molecule has 33 heavy (non-hydrogen) atoms. The van der Waals surface area contributed by atoms with Gasteiger partial charge in [0.1, 0.15) is 18.2 Å². The first-order chi connectivity index (χ1) is 15.9. The van der Waals surface area contributed by atoms with E-state index in [2.05, 4.69) is 10.3 Å². The van der Waals surface area contributed by atoms with Gasteiger partial charge >= 0.3 is 0 Å². The molecular weight excluding hydrogens is 425 g/mol. The summed E-state index contributed by atoms with van der Waals surface area (Å²) in [5.74, 6) is 0.188. The fraction of sp³-hybridized carbons (Fsp3) is 0.320. The number of fused-ring (bicyclic) bond motifs is 1. The standard InChI is InChI=1S/C25H26FN3O4/c1-16-22(13-28-25(31)23-8-7-20(33-23)15-32-2)21-9-10-29(14-18(21)12-27-16)24(30)11-17-3-5-19(26)6-4-17/h3-8,12H,9-11,13-15H2,1-2H3,(H,28,31). The predicted molar refractivity (Wildman–Crippen MR) is 119 cm³/mol. The fourth-order valence-corrected chi connectivity index (χ4v) is 4.03. The number of carbonyl (C=O) groups is 2. The normalized spacial score (nSPS) is 13.0. The van der Waals surface area contributed by atoms with Gasteiger partial charge in [0.2, 0.25) is 5.91 Å². The summed E-state index contributed by atoms with van der Waals surface area (Å²) in [6, 6.07) is 9.33. The van der Waals surface area contributed by atoms with Crippen molar-refractivity contribution in [2.75, 3.05) is 13.7 Å². The molecular formula is C25H26FN3O4. The number of methoxy groups -OCH3 is 1. The van der Waals surface area contributed by atoms with Crippen LogP contribution in [0.25, 0.3) is 0 Å². The lowest BCUT2D eigenvalue weighted by molar-refractivity contribution is -0.131. The zero-order chi connectivity index (χ0) is 23.4. The Kier molecular flexibility index (Phi) is 6.84. The number of amides is 2. The Balaban J connectivity index is 1.42. The molecule has 4 rings (SSSR count). The van der Waals surface area contributed by atoms with Crippen molar-refractivity contribution in [1.29, 1.82) is 0 Å². The monoisotopic (exact) mass is 451 g/mol. The van der Waals surface area contributed by atoms with Crippen molar-refractivity contribution in [1.82, 2.24) is 15.2 Å². The molecule has 3 heterocycles. The third-order valence-corrected chi connectivity index (χ3v) is 5.81. The Morgan fingerprint density at radius 1 is 1.21 bits per heavy atom. The molecule has 2 aromatic heterocycles.